The third-order valence-corrected chi connectivity index (χ3v) is 6.58. The van der Waals surface area contributed by atoms with Gasteiger partial charge in [-0.3, -0.25) is 24.0 Å². The highest BCUT2D eigenvalue weighted by atomic mass is 16.8. The third-order valence-electron chi connectivity index (χ3n) is 6.58. The van der Waals surface area contributed by atoms with E-state index in [1.165, 1.54) is 7.11 Å². The summed E-state index contributed by atoms with van der Waals surface area (Å²) < 4.78 is 65.0. The van der Waals surface area contributed by atoms with Crippen molar-refractivity contribution in [1.82, 2.24) is 0 Å². The fourth-order valence-corrected chi connectivity index (χ4v) is 4.99. The molecule has 0 aromatic carbocycles. The zero-order valence-electron chi connectivity index (χ0n) is 24.9. The maximum Gasteiger partial charge on any atom is 0.337 e. The molecule has 2 aliphatic heterocycles. The first-order chi connectivity index (χ1) is 19.5. The van der Waals surface area contributed by atoms with Gasteiger partial charge in [-0.05, 0) is 0 Å². The molecule has 0 bridgehead atoms. The van der Waals surface area contributed by atoms with Crippen LogP contribution in [0.25, 0.3) is 0 Å². The molecule has 0 aromatic rings. The second-order valence-corrected chi connectivity index (χ2v) is 9.21. The molecule has 0 radical (unpaired) electrons. The average molecular weight is 560 g/mol. The molecule has 216 valence electrons. The predicted octanol–water partition coefficient (Wildman–Crippen LogP) is 0.341. The summed E-state index contributed by atoms with van der Waals surface area (Å²) in [7, 11) is 1.18. The van der Waals surface area contributed by atoms with Crippen molar-refractivity contribution in [2.24, 2.45) is 17.8 Å². The van der Waals surface area contributed by atoms with Crippen LogP contribution in [0.1, 0.15) is 45.1 Å². The van der Waals surface area contributed by atoms with E-state index in [0.29, 0.717) is 0 Å². The number of fused-ring (bicyclic) bond motifs is 1. The van der Waals surface area contributed by atoms with Crippen molar-refractivity contribution in [3.63, 3.8) is 0 Å². The summed E-state index contributed by atoms with van der Waals surface area (Å²) in [6.07, 6.45) is -8.09. The van der Waals surface area contributed by atoms with Gasteiger partial charge in [-0.2, -0.15) is 0 Å². The maximum absolute atomic E-state index is 12.7. The third kappa shape index (κ3) is 6.92. The molecule has 0 unspecified atom stereocenters. The van der Waals surface area contributed by atoms with Gasteiger partial charge in [0.15, 0.2) is 18.3 Å². The van der Waals surface area contributed by atoms with Crippen LogP contribution in [0, 0.1) is 17.8 Å². The smallest absolute Gasteiger partial charge is 0.337 e. The van der Waals surface area contributed by atoms with E-state index in [1.54, 1.807) is 6.92 Å². The zero-order valence-corrected chi connectivity index (χ0v) is 21.9. The number of hydrogen-bond acceptors (Lipinski definition) is 14. The Bertz CT molecular complexity index is 1130. The number of hydrogen-bond donors (Lipinski definition) is 0. The summed E-state index contributed by atoms with van der Waals surface area (Å²) in [6, 6.07) is 0. The Morgan fingerprint density at radius 2 is 1.56 bits per heavy atom. The van der Waals surface area contributed by atoms with E-state index < -0.39 is 98.1 Å². The van der Waals surface area contributed by atoms with Crippen LogP contribution >= 0.6 is 0 Å². The molecule has 3 rings (SSSR count). The summed E-state index contributed by atoms with van der Waals surface area (Å²) in [6.45, 7) is 0.788. The molecule has 39 heavy (non-hydrogen) atoms. The van der Waals surface area contributed by atoms with Crippen LogP contribution in [-0.4, -0.2) is 86.3 Å². The lowest BCUT2D eigenvalue weighted by Crippen LogP contribution is -2.63. The second-order valence-electron chi connectivity index (χ2n) is 9.21. The van der Waals surface area contributed by atoms with Gasteiger partial charge in [0.1, 0.15) is 18.5 Å². The maximum atomic E-state index is 12.7. The van der Waals surface area contributed by atoms with E-state index in [4.69, 9.17) is 42.0 Å². The first-order valence-electron chi connectivity index (χ1n) is 13.5. The van der Waals surface area contributed by atoms with Crippen LogP contribution in [0.15, 0.2) is 11.8 Å². The Labute approximate surface area is 228 Å². The summed E-state index contributed by atoms with van der Waals surface area (Å²) in [5.41, 5.74) is 0.114. The van der Waals surface area contributed by atoms with E-state index in [0.717, 1.165) is 27.0 Å². The molecular weight excluding hydrogens is 524 g/mol. The van der Waals surface area contributed by atoms with Gasteiger partial charge in [0.05, 0.1) is 18.9 Å². The number of carbonyl (C=O) groups is 6. The number of Topliss-reactive ketones (excluding diaryl/α,β-unsaturated/α-hetero) is 1. The molecule has 9 atom stereocenters. The van der Waals surface area contributed by atoms with Crippen molar-refractivity contribution in [3.8, 4) is 0 Å². The topological polar surface area (TPSA) is 176 Å². The second kappa shape index (κ2) is 12.6. The van der Waals surface area contributed by atoms with Gasteiger partial charge in [0.25, 0.3) is 0 Å². The Hall–Kier alpha value is -3.52. The van der Waals surface area contributed by atoms with Gasteiger partial charge in [0.2, 0.25) is 12.6 Å². The lowest BCUT2D eigenvalue weighted by molar-refractivity contribution is -0.344. The van der Waals surface area contributed by atoms with Gasteiger partial charge in [-0.25, -0.2) is 4.79 Å². The van der Waals surface area contributed by atoms with Crippen LogP contribution in [-0.2, 0) is 66.7 Å². The number of esters is 5. The highest BCUT2D eigenvalue weighted by molar-refractivity contribution is 5.92. The van der Waals surface area contributed by atoms with Crippen LogP contribution in [0.2, 0.25) is 0 Å². The van der Waals surface area contributed by atoms with Crippen molar-refractivity contribution in [1.29, 1.82) is 0 Å². The standard InChI is InChI=1S/C25H32O14/c1-10-17(30)7-15-16(23(31)32-6)8-34-24(19(10)15)39-25-22(37-14(5)29)21(36-13(4)28)20(35-12(3)27)18(38-25)9-33-11(2)26/h8,10,15,18-22,24-25H,7,9H2,1-6H3/t10-,15+,18+,19+,20+,21-,22+,24-,25-/m0/s1/i2D3. The number of ketones is 1. The van der Waals surface area contributed by atoms with Crippen molar-refractivity contribution in [2.75, 3.05) is 13.7 Å². The predicted molar refractivity (Wildman–Crippen MR) is 124 cm³/mol. The number of methoxy groups -OCH3 is 1. The summed E-state index contributed by atoms with van der Waals surface area (Å²) in [5.74, 6) is -7.15. The Balaban J connectivity index is 2.01. The molecular formula is C25H32O14. The molecule has 3 aliphatic rings. The molecule has 0 amide bonds. The van der Waals surface area contributed by atoms with Gasteiger partial charge >= 0.3 is 29.8 Å². The zero-order chi connectivity index (χ0) is 31.5. The summed E-state index contributed by atoms with van der Waals surface area (Å²) >= 11 is 0. The van der Waals surface area contributed by atoms with Gasteiger partial charge in [-0.1, -0.05) is 6.92 Å². The Morgan fingerprint density at radius 3 is 2.15 bits per heavy atom. The van der Waals surface area contributed by atoms with Crippen LogP contribution in [0.4, 0.5) is 0 Å². The fraction of sp³-hybridized carbons (Fsp3) is 0.680. The largest absolute Gasteiger partial charge is 0.472 e. The van der Waals surface area contributed by atoms with Gasteiger partial charge in [-0.15, -0.1) is 0 Å². The minimum Gasteiger partial charge on any atom is -0.472 e. The lowest BCUT2D eigenvalue weighted by atomic mass is 9.83. The van der Waals surface area contributed by atoms with Crippen LogP contribution in [0.3, 0.4) is 0 Å². The fourth-order valence-electron chi connectivity index (χ4n) is 4.99. The normalized spacial score (nSPS) is 35.0. The van der Waals surface area contributed by atoms with E-state index >= 15 is 0 Å². The molecule has 14 heteroatoms. The van der Waals surface area contributed by atoms with E-state index in [-0.39, 0.29) is 17.8 Å². The van der Waals surface area contributed by atoms with Crippen molar-refractivity contribution in [2.45, 2.75) is 78.0 Å². The Kier molecular flexibility index (Phi) is 8.29. The molecule has 1 saturated carbocycles. The SMILES string of the molecule is [2H]C([2H])([2H])C(=O)OC[C@H]1O[C@@H](O[C@@H]2OC=C(C(=O)OC)[C@H]3CC(=O)[C@H](C)[C@@H]23)[C@H](OC(C)=O)[C@@H](OC(C)=O)[C@@H]1OC(C)=O. The minimum absolute atomic E-state index is 0.00676. The number of ether oxygens (including phenoxy) is 8. The molecule has 1 saturated heterocycles. The summed E-state index contributed by atoms with van der Waals surface area (Å²) in [5, 5.41) is 0. The molecule has 0 spiro atoms. The minimum atomic E-state index is -3.13. The molecule has 0 aromatic heterocycles. The lowest BCUT2D eigenvalue weighted by Gasteiger charge is -2.45. The average Bonchev–Trinajstić information content (AvgIpc) is 3.18. The molecule has 1 aliphatic carbocycles. The van der Waals surface area contributed by atoms with Crippen molar-refractivity contribution in [3.05, 3.63) is 11.8 Å². The summed E-state index contributed by atoms with van der Waals surface area (Å²) in [4.78, 5) is 73.1. The number of rotatable bonds is 8. The van der Waals surface area contributed by atoms with E-state index in [2.05, 4.69) is 0 Å². The van der Waals surface area contributed by atoms with Crippen molar-refractivity contribution >= 4 is 35.6 Å². The highest BCUT2D eigenvalue weighted by Gasteiger charge is 2.56. The van der Waals surface area contributed by atoms with Gasteiger partial charge in [0, 0.05) is 55.9 Å². The Morgan fingerprint density at radius 1 is 0.949 bits per heavy atom. The molecule has 14 nitrogen and oxygen atoms in total. The van der Waals surface area contributed by atoms with Crippen LogP contribution in [0.5, 0.6) is 0 Å². The van der Waals surface area contributed by atoms with E-state index in [9.17, 15) is 28.8 Å². The number of carbonyl (C=O) groups excluding carboxylic acids is 6. The quantitative estimate of drug-likeness (QED) is 0.294. The van der Waals surface area contributed by atoms with E-state index in [1.807, 2.05) is 0 Å². The molecule has 2 fully saturated rings. The molecule has 0 N–H and O–H groups in total. The first kappa shape index (κ1) is 25.7. The van der Waals surface area contributed by atoms with Crippen molar-refractivity contribution < 1.29 is 70.8 Å². The highest BCUT2D eigenvalue weighted by Crippen LogP contribution is 2.46. The molecule has 2 heterocycles. The van der Waals surface area contributed by atoms with Gasteiger partial charge < -0.3 is 37.9 Å². The first-order valence-corrected chi connectivity index (χ1v) is 12.0. The monoisotopic (exact) mass is 559 g/mol. The van der Waals surface area contributed by atoms with Crippen LogP contribution < -0.4 is 0 Å².